The molecule has 2 heterocycles. The number of hydrogen-bond acceptors (Lipinski definition) is 5. The van der Waals surface area contributed by atoms with Crippen LogP contribution in [0, 0.1) is 6.92 Å². The second-order valence-corrected chi connectivity index (χ2v) is 8.36. The Labute approximate surface area is 173 Å². The maximum Gasteiger partial charge on any atom is 0.255 e. The largest absolute Gasteiger partial charge is 0.378 e. The SMILES string of the molecule is Cc1ccc(N2C(=O)C[C@@H](Sc3ccccc3C(=O)N3CCOCC3)C2=O)cc1. The van der Waals surface area contributed by atoms with Crippen molar-refractivity contribution in [3.8, 4) is 0 Å². The number of rotatable bonds is 4. The highest BCUT2D eigenvalue weighted by atomic mass is 32.2. The van der Waals surface area contributed by atoms with Crippen LogP contribution in [0.25, 0.3) is 0 Å². The fourth-order valence-corrected chi connectivity index (χ4v) is 4.68. The van der Waals surface area contributed by atoms with E-state index in [0.29, 0.717) is 37.6 Å². The summed E-state index contributed by atoms with van der Waals surface area (Å²) in [4.78, 5) is 42.2. The second-order valence-electron chi connectivity index (χ2n) is 7.11. The quantitative estimate of drug-likeness (QED) is 0.725. The highest BCUT2D eigenvalue weighted by Crippen LogP contribution is 2.36. The predicted octanol–water partition coefficient (Wildman–Crippen LogP) is 2.89. The molecule has 0 unspecified atom stereocenters. The lowest BCUT2D eigenvalue weighted by atomic mass is 10.2. The number of hydrogen-bond donors (Lipinski definition) is 0. The zero-order valence-electron chi connectivity index (χ0n) is 16.2. The first-order valence-corrected chi connectivity index (χ1v) is 10.5. The van der Waals surface area contributed by atoms with E-state index in [-0.39, 0.29) is 24.1 Å². The van der Waals surface area contributed by atoms with E-state index in [0.717, 1.165) is 10.5 Å². The van der Waals surface area contributed by atoms with Gasteiger partial charge in [0.25, 0.3) is 5.91 Å². The Hall–Kier alpha value is -2.64. The fourth-order valence-electron chi connectivity index (χ4n) is 3.50. The molecule has 2 aliphatic rings. The summed E-state index contributed by atoms with van der Waals surface area (Å²) in [5, 5.41) is -0.539. The number of carbonyl (C=O) groups is 3. The summed E-state index contributed by atoms with van der Waals surface area (Å²) in [5.41, 5.74) is 2.22. The lowest BCUT2D eigenvalue weighted by Crippen LogP contribution is -2.40. The molecular weight excluding hydrogens is 388 g/mol. The van der Waals surface area contributed by atoms with Crippen LogP contribution in [0.3, 0.4) is 0 Å². The lowest BCUT2D eigenvalue weighted by molar-refractivity contribution is -0.121. The van der Waals surface area contributed by atoms with Gasteiger partial charge in [0.1, 0.15) is 0 Å². The summed E-state index contributed by atoms with van der Waals surface area (Å²) in [7, 11) is 0. The lowest BCUT2D eigenvalue weighted by Gasteiger charge is -2.27. The molecule has 4 rings (SSSR count). The average molecular weight is 410 g/mol. The molecule has 0 spiro atoms. The molecule has 0 N–H and O–H groups in total. The van der Waals surface area contributed by atoms with Gasteiger partial charge in [0.05, 0.1) is 29.7 Å². The van der Waals surface area contributed by atoms with Crippen molar-refractivity contribution in [2.75, 3.05) is 31.2 Å². The molecule has 7 heteroatoms. The molecule has 0 saturated carbocycles. The molecule has 0 radical (unpaired) electrons. The van der Waals surface area contributed by atoms with Gasteiger partial charge in [-0.3, -0.25) is 14.4 Å². The van der Waals surface area contributed by atoms with Crippen LogP contribution >= 0.6 is 11.8 Å². The van der Waals surface area contributed by atoms with Gasteiger partial charge in [0.15, 0.2) is 0 Å². The summed E-state index contributed by atoms with van der Waals surface area (Å²) in [6, 6.07) is 14.6. The molecule has 2 fully saturated rings. The summed E-state index contributed by atoms with van der Waals surface area (Å²) in [6.45, 7) is 4.13. The Morgan fingerprint density at radius 2 is 1.72 bits per heavy atom. The second kappa shape index (κ2) is 8.39. The van der Waals surface area contributed by atoms with Crippen molar-refractivity contribution in [2.45, 2.75) is 23.5 Å². The number of carbonyl (C=O) groups excluding carboxylic acids is 3. The molecule has 0 aromatic heterocycles. The van der Waals surface area contributed by atoms with Crippen LogP contribution in [0.4, 0.5) is 5.69 Å². The van der Waals surface area contributed by atoms with Gasteiger partial charge < -0.3 is 9.64 Å². The molecule has 6 nitrogen and oxygen atoms in total. The van der Waals surface area contributed by atoms with Gasteiger partial charge in [-0.1, -0.05) is 29.8 Å². The van der Waals surface area contributed by atoms with E-state index in [9.17, 15) is 14.4 Å². The van der Waals surface area contributed by atoms with Gasteiger partial charge in [0.2, 0.25) is 11.8 Å². The molecule has 150 valence electrons. The number of benzene rings is 2. The third kappa shape index (κ3) is 4.06. The fraction of sp³-hybridized carbons (Fsp3) is 0.318. The Kier molecular flexibility index (Phi) is 5.69. The molecule has 0 bridgehead atoms. The van der Waals surface area contributed by atoms with Crippen LogP contribution in [0.1, 0.15) is 22.3 Å². The number of morpholine rings is 1. The highest BCUT2D eigenvalue weighted by molar-refractivity contribution is 8.00. The average Bonchev–Trinajstić information content (AvgIpc) is 3.02. The number of ether oxygens (including phenoxy) is 1. The van der Waals surface area contributed by atoms with Crippen molar-refractivity contribution >= 4 is 35.2 Å². The molecule has 29 heavy (non-hydrogen) atoms. The first-order valence-electron chi connectivity index (χ1n) is 9.61. The van der Waals surface area contributed by atoms with Crippen molar-refractivity contribution in [3.63, 3.8) is 0 Å². The normalized spacial score (nSPS) is 19.7. The third-order valence-electron chi connectivity index (χ3n) is 5.08. The van der Waals surface area contributed by atoms with Crippen molar-refractivity contribution in [1.29, 1.82) is 0 Å². The maximum atomic E-state index is 13.0. The summed E-state index contributed by atoms with van der Waals surface area (Å²) in [6.07, 6.45) is 0.122. The number of imide groups is 1. The van der Waals surface area contributed by atoms with E-state index in [1.54, 1.807) is 23.1 Å². The van der Waals surface area contributed by atoms with Crippen molar-refractivity contribution < 1.29 is 19.1 Å². The molecule has 2 aromatic rings. The summed E-state index contributed by atoms with van der Waals surface area (Å²) < 4.78 is 5.32. The van der Waals surface area contributed by atoms with E-state index >= 15 is 0 Å². The van der Waals surface area contributed by atoms with E-state index in [2.05, 4.69) is 0 Å². The van der Waals surface area contributed by atoms with E-state index in [4.69, 9.17) is 4.74 Å². The van der Waals surface area contributed by atoms with Gasteiger partial charge in [-0.25, -0.2) is 4.90 Å². The maximum absolute atomic E-state index is 13.0. The first kappa shape index (κ1) is 19.7. The minimum absolute atomic E-state index is 0.0661. The Bertz CT molecular complexity index is 938. The van der Waals surface area contributed by atoms with Gasteiger partial charge in [-0.15, -0.1) is 11.8 Å². The summed E-state index contributed by atoms with van der Waals surface area (Å²) in [5.74, 6) is -0.519. The molecular formula is C22H22N2O4S. The zero-order valence-corrected chi connectivity index (χ0v) is 17.0. The van der Waals surface area contributed by atoms with Gasteiger partial charge >= 0.3 is 0 Å². The Balaban J connectivity index is 1.54. The van der Waals surface area contributed by atoms with Crippen LogP contribution in [0.15, 0.2) is 53.4 Å². The Morgan fingerprint density at radius 1 is 1.03 bits per heavy atom. The van der Waals surface area contributed by atoms with Crippen LogP contribution in [-0.2, 0) is 14.3 Å². The summed E-state index contributed by atoms with van der Waals surface area (Å²) >= 11 is 1.29. The van der Waals surface area contributed by atoms with Crippen LogP contribution in [0.5, 0.6) is 0 Å². The standard InChI is InChI=1S/C22H22N2O4S/c1-15-6-8-16(9-7-15)24-20(25)14-19(22(24)27)29-18-5-3-2-4-17(18)21(26)23-10-12-28-13-11-23/h2-9,19H,10-14H2,1H3/t19-/m1/s1. The zero-order chi connectivity index (χ0) is 20.4. The topological polar surface area (TPSA) is 66.9 Å². The van der Waals surface area contributed by atoms with E-state index in [1.165, 1.54) is 16.7 Å². The van der Waals surface area contributed by atoms with Gasteiger partial charge in [0, 0.05) is 24.4 Å². The van der Waals surface area contributed by atoms with Gasteiger partial charge in [-0.05, 0) is 31.2 Å². The van der Waals surface area contributed by atoms with Crippen molar-refractivity contribution in [2.24, 2.45) is 0 Å². The smallest absolute Gasteiger partial charge is 0.255 e. The van der Waals surface area contributed by atoms with Crippen molar-refractivity contribution in [3.05, 3.63) is 59.7 Å². The molecule has 0 aliphatic carbocycles. The van der Waals surface area contributed by atoms with Crippen LogP contribution < -0.4 is 4.90 Å². The van der Waals surface area contributed by atoms with Crippen LogP contribution in [-0.4, -0.2) is 54.2 Å². The Morgan fingerprint density at radius 3 is 2.45 bits per heavy atom. The first-order chi connectivity index (χ1) is 14.0. The monoisotopic (exact) mass is 410 g/mol. The van der Waals surface area contributed by atoms with E-state index in [1.807, 2.05) is 37.3 Å². The molecule has 2 aromatic carbocycles. The number of amides is 3. The third-order valence-corrected chi connectivity index (χ3v) is 6.35. The number of anilines is 1. The number of thioether (sulfide) groups is 1. The molecule has 2 aliphatic heterocycles. The van der Waals surface area contributed by atoms with E-state index < -0.39 is 5.25 Å². The highest BCUT2D eigenvalue weighted by Gasteiger charge is 2.40. The molecule has 1 atom stereocenters. The van der Waals surface area contributed by atoms with Gasteiger partial charge in [-0.2, -0.15) is 0 Å². The van der Waals surface area contributed by atoms with Crippen molar-refractivity contribution in [1.82, 2.24) is 4.90 Å². The minimum atomic E-state index is -0.539. The van der Waals surface area contributed by atoms with Crippen LogP contribution in [0.2, 0.25) is 0 Å². The number of nitrogens with zero attached hydrogens (tertiary/aromatic N) is 2. The predicted molar refractivity (Wildman–Crippen MR) is 111 cm³/mol. The minimum Gasteiger partial charge on any atom is -0.378 e. The number of aryl methyl sites for hydroxylation is 1. The molecule has 3 amide bonds. The molecule has 2 saturated heterocycles.